The van der Waals surface area contributed by atoms with Gasteiger partial charge in [-0.2, -0.15) is 0 Å². The van der Waals surface area contributed by atoms with E-state index in [1.165, 1.54) is 4.90 Å². The van der Waals surface area contributed by atoms with E-state index < -0.39 is 0 Å². The van der Waals surface area contributed by atoms with E-state index >= 15 is 0 Å². The van der Waals surface area contributed by atoms with Crippen LogP contribution >= 0.6 is 0 Å². The number of morpholine rings is 1. The van der Waals surface area contributed by atoms with Gasteiger partial charge in [0, 0.05) is 38.4 Å². The van der Waals surface area contributed by atoms with Crippen molar-refractivity contribution in [1.82, 2.24) is 9.80 Å². The van der Waals surface area contributed by atoms with Crippen molar-refractivity contribution in [2.45, 2.75) is 0 Å². The molecule has 0 radical (unpaired) electrons. The van der Waals surface area contributed by atoms with Crippen LogP contribution in [0.4, 0.5) is 11.4 Å². The summed E-state index contributed by atoms with van der Waals surface area (Å²) in [5, 5.41) is 5.71. The number of ether oxygens (including phenoxy) is 1. The Morgan fingerprint density at radius 1 is 0.861 bits per heavy atom. The molecule has 3 aromatic rings. The lowest BCUT2D eigenvalue weighted by molar-refractivity contribution is -0.118. The number of anilines is 2. The Labute approximate surface area is 210 Å². The van der Waals surface area contributed by atoms with Crippen molar-refractivity contribution in [3.8, 4) is 11.1 Å². The van der Waals surface area contributed by atoms with Crippen LogP contribution in [0.25, 0.3) is 11.1 Å². The highest BCUT2D eigenvalue weighted by Gasteiger charge is 2.20. The molecule has 1 saturated heterocycles. The summed E-state index contributed by atoms with van der Waals surface area (Å²) in [6.07, 6.45) is 0. The van der Waals surface area contributed by atoms with Gasteiger partial charge < -0.3 is 20.3 Å². The van der Waals surface area contributed by atoms with Crippen molar-refractivity contribution < 1.29 is 19.1 Å². The first-order chi connectivity index (χ1) is 17.4. The number of amides is 3. The average Bonchev–Trinajstić information content (AvgIpc) is 2.89. The molecule has 36 heavy (non-hydrogen) atoms. The molecule has 1 fully saturated rings. The van der Waals surface area contributed by atoms with Gasteiger partial charge in [-0.25, -0.2) is 0 Å². The van der Waals surface area contributed by atoms with Gasteiger partial charge in [0.25, 0.3) is 11.8 Å². The molecule has 3 amide bonds. The molecule has 8 heteroatoms. The van der Waals surface area contributed by atoms with E-state index in [-0.39, 0.29) is 24.3 Å². The highest BCUT2D eigenvalue weighted by molar-refractivity contribution is 6.09. The van der Waals surface area contributed by atoms with Gasteiger partial charge in [-0.1, -0.05) is 42.5 Å². The van der Waals surface area contributed by atoms with E-state index in [0.717, 1.165) is 11.1 Å². The fraction of sp³-hybridized carbons (Fsp3) is 0.250. The fourth-order valence-electron chi connectivity index (χ4n) is 3.95. The zero-order valence-electron chi connectivity index (χ0n) is 20.5. The van der Waals surface area contributed by atoms with E-state index in [2.05, 4.69) is 10.6 Å². The highest BCUT2D eigenvalue weighted by atomic mass is 16.5. The lowest BCUT2D eigenvalue weighted by atomic mass is 10.1. The molecule has 1 aliphatic heterocycles. The van der Waals surface area contributed by atoms with Crippen LogP contribution in [0.2, 0.25) is 0 Å². The van der Waals surface area contributed by atoms with Gasteiger partial charge in [-0.3, -0.25) is 19.3 Å². The number of nitrogens with one attached hydrogen (secondary N) is 2. The van der Waals surface area contributed by atoms with Crippen LogP contribution in [0.3, 0.4) is 0 Å². The highest BCUT2D eigenvalue weighted by Crippen LogP contribution is 2.23. The zero-order chi connectivity index (χ0) is 25.5. The number of nitrogens with zero attached hydrogens (tertiary/aromatic N) is 2. The van der Waals surface area contributed by atoms with E-state index in [1.54, 1.807) is 32.3 Å². The first-order valence-electron chi connectivity index (χ1n) is 11.8. The van der Waals surface area contributed by atoms with Gasteiger partial charge in [0.1, 0.15) is 0 Å². The number of benzene rings is 3. The molecular weight excluding hydrogens is 456 g/mol. The lowest BCUT2D eigenvalue weighted by Crippen LogP contribution is -2.41. The van der Waals surface area contributed by atoms with Crippen LogP contribution in [-0.4, -0.2) is 74.5 Å². The SMILES string of the molecule is CN(C)C(=O)c1ccc(C(=O)Nc2ccc(-c3ccccc3)cc2)cc1NC(=O)CN1CCOCC1. The molecule has 8 nitrogen and oxygen atoms in total. The minimum absolute atomic E-state index is 0.184. The third-order valence-electron chi connectivity index (χ3n) is 5.91. The van der Waals surface area contributed by atoms with Crippen molar-refractivity contribution in [2.75, 3.05) is 57.6 Å². The Bertz CT molecular complexity index is 1220. The number of hydrogen-bond donors (Lipinski definition) is 2. The smallest absolute Gasteiger partial charge is 0.255 e. The van der Waals surface area contributed by atoms with Crippen LogP contribution in [0.15, 0.2) is 72.8 Å². The Morgan fingerprint density at radius 2 is 1.53 bits per heavy atom. The molecule has 3 aromatic carbocycles. The molecule has 0 unspecified atom stereocenters. The molecular formula is C28H30N4O4. The summed E-state index contributed by atoms with van der Waals surface area (Å²) >= 11 is 0. The number of hydrogen-bond acceptors (Lipinski definition) is 5. The van der Waals surface area contributed by atoms with E-state index in [0.29, 0.717) is 48.8 Å². The molecule has 0 aromatic heterocycles. The summed E-state index contributed by atoms with van der Waals surface area (Å²) in [6, 6.07) is 22.3. The van der Waals surface area contributed by atoms with Crippen LogP contribution in [0, 0.1) is 0 Å². The Balaban J connectivity index is 1.50. The maximum absolute atomic E-state index is 13.0. The molecule has 186 valence electrons. The summed E-state index contributed by atoms with van der Waals surface area (Å²) in [5.41, 5.74) is 3.74. The summed E-state index contributed by atoms with van der Waals surface area (Å²) in [7, 11) is 3.28. The molecule has 1 aliphatic rings. The van der Waals surface area contributed by atoms with Crippen molar-refractivity contribution in [2.24, 2.45) is 0 Å². The first-order valence-corrected chi connectivity index (χ1v) is 11.8. The second-order valence-corrected chi connectivity index (χ2v) is 8.79. The van der Waals surface area contributed by atoms with Gasteiger partial charge >= 0.3 is 0 Å². The minimum atomic E-state index is -0.338. The average molecular weight is 487 g/mol. The van der Waals surface area contributed by atoms with Gasteiger partial charge in [-0.15, -0.1) is 0 Å². The maximum atomic E-state index is 13.0. The summed E-state index contributed by atoms with van der Waals surface area (Å²) in [6.45, 7) is 2.69. The van der Waals surface area contributed by atoms with Crippen LogP contribution in [0.5, 0.6) is 0 Å². The normalized spacial score (nSPS) is 13.6. The monoisotopic (exact) mass is 486 g/mol. The summed E-state index contributed by atoms with van der Waals surface area (Å²) in [4.78, 5) is 41.8. The zero-order valence-corrected chi connectivity index (χ0v) is 20.5. The van der Waals surface area contributed by atoms with Crippen LogP contribution in [0.1, 0.15) is 20.7 Å². The lowest BCUT2D eigenvalue weighted by Gasteiger charge is -2.26. The third-order valence-corrected chi connectivity index (χ3v) is 5.91. The molecule has 4 rings (SSSR count). The first kappa shape index (κ1) is 25.1. The molecule has 0 aliphatic carbocycles. The fourth-order valence-corrected chi connectivity index (χ4v) is 3.95. The van der Waals surface area contributed by atoms with E-state index in [1.807, 2.05) is 59.5 Å². The van der Waals surface area contributed by atoms with Crippen molar-refractivity contribution in [3.63, 3.8) is 0 Å². The second-order valence-electron chi connectivity index (χ2n) is 8.79. The van der Waals surface area contributed by atoms with Gasteiger partial charge in [0.15, 0.2) is 0 Å². The standard InChI is InChI=1S/C28H30N4O4/c1-31(2)28(35)24-13-10-22(18-25(24)30-26(33)19-32-14-16-36-17-15-32)27(34)29-23-11-8-21(9-12-23)20-6-4-3-5-7-20/h3-13,18H,14-17,19H2,1-2H3,(H,29,34)(H,30,33). The quantitative estimate of drug-likeness (QED) is 0.533. The van der Waals surface area contributed by atoms with Gasteiger partial charge in [-0.05, 0) is 41.5 Å². The van der Waals surface area contributed by atoms with Crippen LogP contribution in [-0.2, 0) is 9.53 Å². The van der Waals surface area contributed by atoms with Gasteiger partial charge in [0.05, 0.1) is 31.0 Å². The molecule has 0 spiro atoms. The third kappa shape index (κ3) is 6.35. The molecule has 0 atom stereocenters. The molecule has 1 heterocycles. The summed E-state index contributed by atoms with van der Waals surface area (Å²) in [5.74, 6) is -0.853. The number of carbonyl (C=O) groups is 3. The van der Waals surface area contributed by atoms with E-state index in [4.69, 9.17) is 4.74 Å². The maximum Gasteiger partial charge on any atom is 0.255 e. The molecule has 0 saturated carbocycles. The van der Waals surface area contributed by atoms with Crippen molar-refractivity contribution >= 4 is 29.1 Å². The Hall–Kier alpha value is -4.01. The van der Waals surface area contributed by atoms with Gasteiger partial charge in [0.2, 0.25) is 5.91 Å². The summed E-state index contributed by atoms with van der Waals surface area (Å²) < 4.78 is 5.33. The second kappa shape index (κ2) is 11.6. The predicted octanol–water partition coefficient (Wildman–Crippen LogP) is 3.58. The van der Waals surface area contributed by atoms with Crippen molar-refractivity contribution in [3.05, 3.63) is 83.9 Å². The van der Waals surface area contributed by atoms with Crippen molar-refractivity contribution in [1.29, 1.82) is 0 Å². The minimum Gasteiger partial charge on any atom is -0.379 e. The van der Waals surface area contributed by atoms with Crippen LogP contribution < -0.4 is 10.6 Å². The molecule has 0 bridgehead atoms. The number of rotatable bonds is 7. The molecule has 2 N–H and O–H groups in total. The number of carbonyl (C=O) groups excluding carboxylic acids is 3. The largest absolute Gasteiger partial charge is 0.379 e. The topological polar surface area (TPSA) is 91.0 Å². The Morgan fingerprint density at radius 3 is 2.19 bits per heavy atom. The van der Waals surface area contributed by atoms with E-state index in [9.17, 15) is 14.4 Å². The Kier molecular flexibility index (Phi) is 8.10. The predicted molar refractivity (Wildman–Crippen MR) is 140 cm³/mol.